The maximum atomic E-state index is 13.2. The predicted octanol–water partition coefficient (Wildman–Crippen LogP) is 4.33. The molecule has 1 heterocycles. The van der Waals surface area contributed by atoms with Crippen molar-refractivity contribution in [3.63, 3.8) is 0 Å². The van der Waals surface area contributed by atoms with Crippen molar-refractivity contribution in [2.24, 2.45) is 0 Å². The molecule has 0 radical (unpaired) electrons. The molecule has 2 rings (SSSR count). The molecule has 1 unspecified atom stereocenters. The van der Waals surface area contributed by atoms with Crippen molar-refractivity contribution in [3.8, 4) is 11.5 Å². The average Bonchev–Trinajstić information content (AvgIpc) is 2.60. The lowest BCUT2D eigenvalue weighted by molar-refractivity contribution is -0.283. The molecular weight excluding hydrogens is 307 g/mol. The van der Waals surface area contributed by atoms with Crippen molar-refractivity contribution in [1.29, 1.82) is 0 Å². The van der Waals surface area contributed by atoms with E-state index in [1.165, 1.54) is 6.07 Å². The van der Waals surface area contributed by atoms with Gasteiger partial charge < -0.3 is 9.47 Å². The van der Waals surface area contributed by atoms with Crippen LogP contribution in [0.15, 0.2) is 18.2 Å². The maximum Gasteiger partial charge on any atom is 0.455 e. The molecule has 1 aliphatic rings. The topological polar surface area (TPSA) is 18.5 Å². The lowest BCUT2D eigenvalue weighted by atomic mass is 10.1. The number of ether oxygens (including phenoxy) is 2. The molecule has 0 aromatic heterocycles. The fourth-order valence-corrected chi connectivity index (χ4v) is 1.95. The Kier molecular flexibility index (Phi) is 4.00. The number of alkyl halides is 6. The second-order valence-corrected chi connectivity index (χ2v) is 4.68. The second-order valence-electron chi connectivity index (χ2n) is 4.24. The standard InChI is InChI=1S/C12H10ClF5O2/c13-10(11(14,15)12(16,17)18)7-2-3-8-9(6-7)20-5-1-4-19-8/h2-3,6,10H,1,4-5H2. The van der Waals surface area contributed by atoms with E-state index in [0.717, 1.165) is 12.1 Å². The average molecular weight is 317 g/mol. The summed E-state index contributed by atoms with van der Waals surface area (Å²) in [5.74, 6) is -4.62. The summed E-state index contributed by atoms with van der Waals surface area (Å²) in [5.41, 5.74) is -0.377. The second kappa shape index (κ2) is 5.27. The van der Waals surface area contributed by atoms with Gasteiger partial charge in [-0.3, -0.25) is 0 Å². The zero-order chi connectivity index (χ0) is 15.0. The van der Waals surface area contributed by atoms with Gasteiger partial charge >= 0.3 is 12.1 Å². The molecule has 112 valence electrons. The third-order valence-corrected chi connectivity index (χ3v) is 3.29. The van der Waals surface area contributed by atoms with Crippen molar-refractivity contribution >= 4 is 11.6 Å². The Bertz CT molecular complexity index is 489. The highest BCUT2D eigenvalue weighted by molar-refractivity contribution is 6.21. The summed E-state index contributed by atoms with van der Waals surface area (Å²) >= 11 is 5.30. The molecule has 1 aliphatic heterocycles. The molecule has 20 heavy (non-hydrogen) atoms. The predicted molar refractivity (Wildman–Crippen MR) is 61.6 cm³/mol. The van der Waals surface area contributed by atoms with Gasteiger partial charge in [-0.05, 0) is 17.7 Å². The Morgan fingerprint density at radius 2 is 1.60 bits per heavy atom. The Morgan fingerprint density at radius 3 is 2.20 bits per heavy atom. The first-order chi connectivity index (χ1) is 9.23. The lowest BCUT2D eigenvalue weighted by Gasteiger charge is -2.24. The largest absolute Gasteiger partial charge is 0.490 e. The molecule has 0 spiro atoms. The van der Waals surface area contributed by atoms with E-state index in [4.69, 9.17) is 21.1 Å². The molecule has 0 saturated carbocycles. The van der Waals surface area contributed by atoms with Gasteiger partial charge in [0.25, 0.3) is 0 Å². The van der Waals surface area contributed by atoms with E-state index in [9.17, 15) is 22.0 Å². The van der Waals surface area contributed by atoms with Crippen molar-refractivity contribution in [2.45, 2.75) is 23.9 Å². The monoisotopic (exact) mass is 316 g/mol. The van der Waals surface area contributed by atoms with Gasteiger partial charge in [-0.2, -0.15) is 22.0 Å². The summed E-state index contributed by atoms with van der Waals surface area (Å²) in [6.45, 7) is 0.675. The molecule has 1 aromatic carbocycles. The van der Waals surface area contributed by atoms with Crippen LogP contribution in [0.2, 0.25) is 0 Å². The molecule has 1 aromatic rings. The molecule has 0 N–H and O–H groups in total. The van der Waals surface area contributed by atoms with Crippen LogP contribution in [0.1, 0.15) is 17.4 Å². The minimum Gasteiger partial charge on any atom is -0.490 e. The van der Waals surface area contributed by atoms with E-state index in [0.29, 0.717) is 25.4 Å². The van der Waals surface area contributed by atoms with Crippen LogP contribution in [-0.4, -0.2) is 25.3 Å². The Hall–Kier alpha value is -1.24. The summed E-state index contributed by atoms with van der Waals surface area (Å²) in [6.07, 6.45) is -5.13. The smallest absolute Gasteiger partial charge is 0.455 e. The van der Waals surface area contributed by atoms with Gasteiger partial charge in [0.2, 0.25) is 0 Å². The van der Waals surface area contributed by atoms with Crippen LogP contribution in [0, 0.1) is 0 Å². The first-order valence-corrected chi connectivity index (χ1v) is 6.15. The van der Waals surface area contributed by atoms with Crippen LogP contribution in [0.3, 0.4) is 0 Å². The van der Waals surface area contributed by atoms with Gasteiger partial charge in [0.15, 0.2) is 11.5 Å². The quantitative estimate of drug-likeness (QED) is 0.597. The highest BCUT2D eigenvalue weighted by atomic mass is 35.5. The third kappa shape index (κ3) is 2.77. The summed E-state index contributed by atoms with van der Waals surface area (Å²) in [7, 11) is 0. The van der Waals surface area contributed by atoms with Crippen LogP contribution >= 0.6 is 11.6 Å². The third-order valence-electron chi connectivity index (χ3n) is 2.76. The van der Waals surface area contributed by atoms with Crippen molar-refractivity contribution < 1.29 is 31.4 Å². The summed E-state index contributed by atoms with van der Waals surface area (Å²) < 4.78 is 73.7. The maximum absolute atomic E-state index is 13.2. The van der Waals surface area contributed by atoms with E-state index in [2.05, 4.69) is 0 Å². The lowest BCUT2D eigenvalue weighted by Crippen LogP contribution is -2.40. The van der Waals surface area contributed by atoms with Gasteiger partial charge in [0, 0.05) is 6.42 Å². The fourth-order valence-electron chi connectivity index (χ4n) is 1.69. The molecule has 1 atom stereocenters. The number of rotatable bonds is 2. The van der Waals surface area contributed by atoms with Crippen LogP contribution in [0.25, 0.3) is 0 Å². The minimum atomic E-state index is -5.72. The highest BCUT2D eigenvalue weighted by Crippen LogP contribution is 2.49. The van der Waals surface area contributed by atoms with Gasteiger partial charge in [0.1, 0.15) is 5.38 Å². The number of hydrogen-bond donors (Lipinski definition) is 0. The van der Waals surface area contributed by atoms with Gasteiger partial charge in [-0.15, -0.1) is 11.6 Å². The molecular formula is C12H10ClF5O2. The Balaban J connectivity index is 2.32. The van der Waals surface area contributed by atoms with E-state index in [1.807, 2.05) is 0 Å². The van der Waals surface area contributed by atoms with Gasteiger partial charge in [0.05, 0.1) is 13.2 Å². The zero-order valence-corrected chi connectivity index (χ0v) is 10.8. The zero-order valence-electron chi connectivity index (χ0n) is 10.0. The number of fused-ring (bicyclic) bond motifs is 1. The van der Waals surface area contributed by atoms with Crippen molar-refractivity contribution in [1.82, 2.24) is 0 Å². The fraction of sp³-hybridized carbons (Fsp3) is 0.500. The van der Waals surface area contributed by atoms with Crippen LogP contribution < -0.4 is 9.47 Å². The van der Waals surface area contributed by atoms with E-state index in [1.54, 1.807) is 0 Å². The summed E-state index contributed by atoms with van der Waals surface area (Å²) in [5, 5.41) is -2.53. The van der Waals surface area contributed by atoms with Crippen LogP contribution in [0.4, 0.5) is 22.0 Å². The van der Waals surface area contributed by atoms with Gasteiger partial charge in [-0.25, -0.2) is 0 Å². The summed E-state index contributed by atoms with van der Waals surface area (Å²) in [4.78, 5) is 0. The number of hydrogen-bond acceptors (Lipinski definition) is 2. The minimum absolute atomic E-state index is 0.114. The Labute approximate surface area is 116 Å². The van der Waals surface area contributed by atoms with Crippen molar-refractivity contribution in [3.05, 3.63) is 23.8 Å². The molecule has 8 heteroatoms. The Morgan fingerprint density at radius 1 is 1.00 bits per heavy atom. The SMILES string of the molecule is FC(F)(F)C(F)(F)C(Cl)c1ccc2c(c1)OCCCO2. The number of halogens is 6. The normalized spacial score (nSPS) is 17.5. The van der Waals surface area contributed by atoms with E-state index >= 15 is 0 Å². The number of benzene rings is 1. The first-order valence-electron chi connectivity index (χ1n) is 5.71. The first kappa shape index (κ1) is 15.2. The molecule has 0 saturated heterocycles. The van der Waals surface area contributed by atoms with Crippen LogP contribution in [-0.2, 0) is 0 Å². The van der Waals surface area contributed by atoms with Gasteiger partial charge in [-0.1, -0.05) is 6.07 Å². The molecule has 0 amide bonds. The van der Waals surface area contributed by atoms with Crippen LogP contribution in [0.5, 0.6) is 11.5 Å². The van der Waals surface area contributed by atoms with E-state index < -0.39 is 17.5 Å². The van der Waals surface area contributed by atoms with E-state index in [-0.39, 0.29) is 11.3 Å². The van der Waals surface area contributed by atoms with Crippen molar-refractivity contribution in [2.75, 3.05) is 13.2 Å². The molecule has 0 aliphatic carbocycles. The molecule has 0 fully saturated rings. The summed E-state index contributed by atoms with van der Waals surface area (Å²) in [6, 6.07) is 3.40. The highest BCUT2D eigenvalue weighted by Gasteiger charge is 2.62. The molecule has 2 nitrogen and oxygen atoms in total. The molecule has 0 bridgehead atoms.